The normalized spacial score (nSPS) is 22.7. The molecule has 0 aliphatic carbocycles. The van der Waals surface area contributed by atoms with E-state index in [1.807, 2.05) is 6.07 Å². The fraction of sp³-hybridized carbons (Fsp3) is 0.385. The van der Waals surface area contributed by atoms with Crippen LogP contribution in [-0.4, -0.2) is 25.2 Å². The maximum atomic E-state index is 11.8. The van der Waals surface area contributed by atoms with Crippen LogP contribution < -0.4 is 0 Å². The summed E-state index contributed by atoms with van der Waals surface area (Å²) in [5, 5.41) is 0.564. The number of carbonyl (C=O) groups excluding carboxylic acids is 2. The molecule has 0 saturated carbocycles. The Kier molecular flexibility index (Phi) is 3.87. The molecular formula is C13H13ClO4. The van der Waals surface area contributed by atoms with E-state index in [1.54, 1.807) is 25.1 Å². The summed E-state index contributed by atoms with van der Waals surface area (Å²) < 4.78 is 9.86. The Morgan fingerprint density at radius 2 is 2.33 bits per heavy atom. The zero-order valence-electron chi connectivity index (χ0n) is 9.89. The van der Waals surface area contributed by atoms with Crippen molar-refractivity contribution in [1.29, 1.82) is 0 Å². The number of hydrogen-bond acceptors (Lipinski definition) is 4. The Labute approximate surface area is 110 Å². The van der Waals surface area contributed by atoms with Crippen LogP contribution in [0.2, 0.25) is 5.02 Å². The van der Waals surface area contributed by atoms with Crippen molar-refractivity contribution < 1.29 is 19.1 Å². The number of rotatable bonds is 3. The zero-order chi connectivity index (χ0) is 13.1. The lowest BCUT2D eigenvalue weighted by atomic mass is 9.88. The highest BCUT2D eigenvalue weighted by atomic mass is 35.5. The highest BCUT2D eigenvalue weighted by Crippen LogP contribution is 2.33. The minimum atomic E-state index is -0.886. The first-order chi connectivity index (χ1) is 8.63. The van der Waals surface area contributed by atoms with Crippen LogP contribution >= 0.6 is 11.6 Å². The second-order valence-corrected chi connectivity index (χ2v) is 4.46. The van der Waals surface area contributed by atoms with Crippen LogP contribution in [0.25, 0.3) is 0 Å². The number of cyclic esters (lactones) is 1. The molecule has 0 unspecified atom stereocenters. The molecule has 2 rings (SSSR count). The lowest BCUT2D eigenvalue weighted by Gasteiger charge is -2.14. The number of ether oxygens (including phenoxy) is 2. The zero-order valence-corrected chi connectivity index (χ0v) is 10.6. The molecule has 5 heteroatoms. The van der Waals surface area contributed by atoms with E-state index in [2.05, 4.69) is 0 Å². The Bertz CT molecular complexity index is 472. The molecule has 2 atom stereocenters. The van der Waals surface area contributed by atoms with E-state index in [0.29, 0.717) is 5.02 Å². The van der Waals surface area contributed by atoms with E-state index in [4.69, 9.17) is 21.1 Å². The van der Waals surface area contributed by atoms with E-state index in [9.17, 15) is 9.59 Å². The fourth-order valence-corrected chi connectivity index (χ4v) is 2.24. The van der Waals surface area contributed by atoms with Crippen LogP contribution in [0.15, 0.2) is 24.3 Å². The van der Waals surface area contributed by atoms with Crippen molar-refractivity contribution in [2.75, 3.05) is 13.2 Å². The van der Waals surface area contributed by atoms with Gasteiger partial charge in [0.1, 0.15) is 0 Å². The molecule has 18 heavy (non-hydrogen) atoms. The second kappa shape index (κ2) is 5.40. The summed E-state index contributed by atoms with van der Waals surface area (Å²) in [6.45, 7) is 2.13. The molecular weight excluding hydrogens is 256 g/mol. The first-order valence-corrected chi connectivity index (χ1v) is 6.10. The molecule has 96 valence electrons. The van der Waals surface area contributed by atoms with Crippen molar-refractivity contribution in [2.24, 2.45) is 5.92 Å². The van der Waals surface area contributed by atoms with Crippen LogP contribution in [0, 0.1) is 5.92 Å². The van der Waals surface area contributed by atoms with Crippen molar-refractivity contribution in [1.82, 2.24) is 0 Å². The minimum Gasteiger partial charge on any atom is -0.465 e. The minimum absolute atomic E-state index is 0.183. The van der Waals surface area contributed by atoms with Gasteiger partial charge in [0.05, 0.1) is 13.2 Å². The number of carbonyl (C=O) groups is 2. The summed E-state index contributed by atoms with van der Waals surface area (Å²) in [6, 6.07) is 7.08. The van der Waals surface area contributed by atoms with Crippen LogP contribution in [0.5, 0.6) is 0 Å². The molecule has 1 heterocycles. The van der Waals surface area contributed by atoms with Gasteiger partial charge in [0.2, 0.25) is 0 Å². The predicted octanol–water partition coefficient (Wildman–Crippen LogP) is 2.16. The highest BCUT2D eigenvalue weighted by Gasteiger charge is 2.44. The topological polar surface area (TPSA) is 52.6 Å². The molecule has 1 aliphatic heterocycles. The molecule has 1 aliphatic rings. The third-order valence-electron chi connectivity index (χ3n) is 2.88. The standard InChI is InChI=1S/C13H13ClO4/c1-2-17-12(15)11-10(7-18-13(11)16)8-4-3-5-9(14)6-8/h3-6,10-11H,2,7H2,1H3/t10-,11-/m0/s1. The van der Waals surface area contributed by atoms with Crippen molar-refractivity contribution in [3.05, 3.63) is 34.9 Å². The molecule has 0 radical (unpaired) electrons. The Morgan fingerprint density at radius 1 is 1.56 bits per heavy atom. The first-order valence-electron chi connectivity index (χ1n) is 5.72. The molecule has 0 amide bonds. The predicted molar refractivity (Wildman–Crippen MR) is 65.3 cm³/mol. The van der Waals surface area contributed by atoms with Crippen molar-refractivity contribution in [3.63, 3.8) is 0 Å². The molecule has 1 aromatic rings. The van der Waals surface area contributed by atoms with Gasteiger partial charge in [-0.25, -0.2) is 0 Å². The maximum Gasteiger partial charge on any atom is 0.321 e. The van der Waals surface area contributed by atoms with E-state index in [1.165, 1.54) is 0 Å². The van der Waals surface area contributed by atoms with E-state index >= 15 is 0 Å². The second-order valence-electron chi connectivity index (χ2n) is 4.02. The van der Waals surface area contributed by atoms with Crippen molar-refractivity contribution in [2.45, 2.75) is 12.8 Å². The Hall–Kier alpha value is -1.55. The van der Waals surface area contributed by atoms with Crippen molar-refractivity contribution >= 4 is 23.5 Å². The van der Waals surface area contributed by atoms with Crippen molar-refractivity contribution in [3.8, 4) is 0 Å². The molecule has 0 bridgehead atoms. The van der Waals surface area contributed by atoms with Gasteiger partial charge in [-0.3, -0.25) is 9.59 Å². The van der Waals surface area contributed by atoms with Crippen LogP contribution in [-0.2, 0) is 19.1 Å². The maximum absolute atomic E-state index is 11.8. The Morgan fingerprint density at radius 3 is 3.00 bits per heavy atom. The Balaban J connectivity index is 2.26. The highest BCUT2D eigenvalue weighted by molar-refractivity contribution is 6.30. The summed E-state index contributed by atoms with van der Waals surface area (Å²) in [5.41, 5.74) is 0.811. The number of benzene rings is 1. The van der Waals surface area contributed by atoms with Gasteiger partial charge in [0.25, 0.3) is 0 Å². The molecule has 0 N–H and O–H groups in total. The lowest BCUT2D eigenvalue weighted by Crippen LogP contribution is -2.26. The van der Waals surface area contributed by atoms with Gasteiger partial charge in [-0.05, 0) is 24.6 Å². The van der Waals surface area contributed by atoms with Gasteiger partial charge in [-0.15, -0.1) is 0 Å². The average Bonchev–Trinajstić information content (AvgIpc) is 2.71. The van der Waals surface area contributed by atoms with Crippen LogP contribution in [0.4, 0.5) is 0 Å². The monoisotopic (exact) mass is 268 g/mol. The average molecular weight is 269 g/mol. The van der Waals surface area contributed by atoms with Crippen LogP contribution in [0.3, 0.4) is 0 Å². The third kappa shape index (κ3) is 2.48. The van der Waals surface area contributed by atoms with Crippen LogP contribution in [0.1, 0.15) is 18.4 Å². The number of esters is 2. The largest absolute Gasteiger partial charge is 0.465 e. The molecule has 4 nitrogen and oxygen atoms in total. The van der Waals surface area contributed by atoms with Gasteiger partial charge in [0.15, 0.2) is 5.92 Å². The fourth-order valence-electron chi connectivity index (χ4n) is 2.04. The molecule has 1 fully saturated rings. The van der Waals surface area contributed by atoms with Gasteiger partial charge in [0, 0.05) is 10.9 Å². The summed E-state index contributed by atoms with van der Waals surface area (Å²) >= 11 is 5.91. The van der Waals surface area contributed by atoms with Gasteiger partial charge in [-0.1, -0.05) is 23.7 Å². The lowest BCUT2D eigenvalue weighted by molar-refractivity contribution is -0.155. The van der Waals surface area contributed by atoms with Gasteiger partial charge in [-0.2, -0.15) is 0 Å². The molecule has 0 spiro atoms. The number of halogens is 1. The van der Waals surface area contributed by atoms with Gasteiger partial charge < -0.3 is 9.47 Å². The third-order valence-corrected chi connectivity index (χ3v) is 3.11. The molecule has 1 aromatic carbocycles. The summed E-state index contributed by atoms with van der Waals surface area (Å²) in [4.78, 5) is 23.4. The smallest absolute Gasteiger partial charge is 0.321 e. The van der Waals surface area contributed by atoms with Gasteiger partial charge >= 0.3 is 11.9 Å². The summed E-state index contributed by atoms with van der Waals surface area (Å²) in [5.74, 6) is -2.28. The van der Waals surface area contributed by atoms with E-state index in [-0.39, 0.29) is 19.1 Å². The van der Waals surface area contributed by atoms with E-state index in [0.717, 1.165) is 5.56 Å². The summed E-state index contributed by atoms with van der Waals surface area (Å²) in [6.07, 6.45) is 0. The summed E-state index contributed by atoms with van der Waals surface area (Å²) in [7, 11) is 0. The quantitative estimate of drug-likeness (QED) is 0.623. The SMILES string of the molecule is CCOC(=O)[C@H]1C(=O)OC[C@H]1c1cccc(Cl)c1. The first kappa shape index (κ1) is 12.9. The van der Waals surface area contributed by atoms with E-state index < -0.39 is 17.9 Å². The number of hydrogen-bond donors (Lipinski definition) is 0. The molecule has 0 aromatic heterocycles. The molecule has 1 saturated heterocycles.